The molecule has 170 valence electrons. The summed E-state index contributed by atoms with van der Waals surface area (Å²) >= 11 is 0. The summed E-state index contributed by atoms with van der Waals surface area (Å²) in [7, 11) is 1.35. The monoisotopic (exact) mass is 425 g/mol. The van der Waals surface area contributed by atoms with E-state index in [-0.39, 0.29) is 6.42 Å². The van der Waals surface area contributed by atoms with Crippen molar-refractivity contribution in [2.75, 3.05) is 13.7 Å². The van der Waals surface area contributed by atoms with Gasteiger partial charge in [-0.1, -0.05) is 6.92 Å². The SMILES string of the molecule is COC1OC(CO)[C@@H](O)C(O[C@@H]2OC(C(=O)O)[C@H](C)C(O)C2O)CC1NC(C)O. The Morgan fingerprint density at radius 1 is 1.17 bits per heavy atom. The van der Waals surface area contributed by atoms with E-state index in [1.54, 1.807) is 0 Å². The second kappa shape index (κ2) is 10.4. The summed E-state index contributed by atoms with van der Waals surface area (Å²) in [5, 5.41) is 62.4. The molecule has 2 heterocycles. The minimum Gasteiger partial charge on any atom is -0.479 e. The molecule has 0 bridgehead atoms. The van der Waals surface area contributed by atoms with Gasteiger partial charge in [0.15, 0.2) is 18.7 Å². The van der Waals surface area contributed by atoms with Crippen LogP contribution < -0.4 is 5.32 Å². The highest BCUT2D eigenvalue weighted by Gasteiger charge is 2.49. The van der Waals surface area contributed by atoms with Crippen LogP contribution in [0, 0.1) is 5.92 Å². The van der Waals surface area contributed by atoms with Crippen LogP contribution in [-0.4, -0.2) is 112 Å². The van der Waals surface area contributed by atoms with Gasteiger partial charge in [0, 0.05) is 13.0 Å². The first kappa shape index (κ1) is 24.3. The number of carbonyl (C=O) groups is 1. The van der Waals surface area contributed by atoms with Gasteiger partial charge in [-0.15, -0.1) is 0 Å². The number of aliphatic hydroxyl groups is 5. The molecular weight excluding hydrogens is 394 g/mol. The standard InChI is InChI=1S/C17H31NO11/c1-6-11(21)13(23)17(29-14(6)15(24)25)27-9-4-8(18-7(2)20)16(26-3)28-10(5-19)12(9)22/h6-14,16-23H,4-5H2,1-3H3,(H,24,25)/t6-,7?,8?,9?,10?,11?,12+,13?,14?,16?,17-/m1/s1. The molecule has 12 nitrogen and oxygen atoms in total. The zero-order valence-corrected chi connectivity index (χ0v) is 16.5. The molecule has 0 radical (unpaired) electrons. The van der Waals surface area contributed by atoms with E-state index in [1.165, 1.54) is 21.0 Å². The first-order valence-electron chi connectivity index (χ1n) is 9.41. The van der Waals surface area contributed by atoms with Gasteiger partial charge in [0.2, 0.25) is 0 Å². The van der Waals surface area contributed by atoms with Crippen LogP contribution in [0.15, 0.2) is 0 Å². The number of nitrogens with one attached hydrogen (secondary N) is 1. The Morgan fingerprint density at radius 3 is 2.34 bits per heavy atom. The highest BCUT2D eigenvalue weighted by Crippen LogP contribution is 2.31. The molecule has 2 saturated heterocycles. The van der Waals surface area contributed by atoms with Crippen molar-refractivity contribution in [2.24, 2.45) is 5.92 Å². The fraction of sp³-hybridized carbons (Fsp3) is 0.941. The first-order chi connectivity index (χ1) is 13.6. The Balaban J connectivity index is 2.23. The molecule has 0 spiro atoms. The van der Waals surface area contributed by atoms with Crippen molar-refractivity contribution in [3.63, 3.8) is 0 Å². The molecule has 2 fully saturated rings. The van der Waals surface area contributed by atoms with E-state index < -0.39 is 80.0 Å². The van der Waals surface area contributed by atoms with Gasteiger partial charge in [-0.05, 0) is 13.3 Å². The van der Waals surface area contributed by atoms with Crippen molar-refractivity contribution < 1.29 is 54.4 Å². The fourth-order valence-electron chi connectivity index (χ4n) is 3.62. The summed E-state index contributed by atoms with van der Waals surface area (Å²) in [6, 6.07) is -0.684. The number of methoxy groups -OCH3 is 1. The van der Waals surface area contributed by atoms with Crippen LogP contribution in [0.4, 0.5) is 0 Å². The van der Waals surface area contributed by atoms with Crippen molar-refractivity contribution >= 4 is 5.97 Å². The lowest BCUT2D eigenvalue weighted by Gasteiger charge is -2.41. The van der Waals surface area contributed by atoms with Gasteiger partial charge in [0.25, 0.3) is 0 Å². The van der Waals surface area contributed by atoms with Crippen LogP contribution >= 0.6 is 0 Å². The summed E-state index contributed by atoms with van der Waals surface area (Å²) in [4.78, 5) is 11.4. The Labute approximate surface area is 167 Å². The molecule has 0 aliphatic carbocycles. The maximum Gasteiger partial charge on any atom is 0.333 e. The zero-order valence-electron chi connectivity index (χ0n) is 16.5. The number of ether oxygens (including phenoxy) is 4. The van der Waals surface area contributed by atoms with E-state index >= 15 is 0 Å². The molecule has 0 aromatic heterocycles. The van der Waals surface area contributed by atoms with Crippen LogP contribution in [-0.2, 0) is 23.7 Å². The number of aliphatic carboxylic acids is 1. The largest absolute Gasteiger partial charge is 0.479 e. The molecule has 12 heteroatoms. The van der Waals surface area contributed by atoms with Crippen molar-refractivity contribution in [3.05, 3.63) is 0 Å². The van der Waals surface area contributed by atoms with Crippen LogP contribution in [0.2, 0.25) is 0 Å². The summed E-state index contributed by atoms with van der Waals surface area (Å²) in [6.07, 6.45) is -11.5. The number of carboxylic acid groups (broad SMARTS) is 1. The Morgan fingerprint density at radius 2 is 1.83 bits per heavy atom. The summed E-state index contributed by atoms with van der Waals surface area (Å²) in [5.74, 6) is -2.22. The molecule has 0 aromatic rings. The molecule has 2 aliphatic heterocycles. The second-order valence-electron chi connectivity index (χ2n) is 7.41. The lowest BCUT2D eigenvalue weighted by Crippen LogP contribution is -2.58. The molecule has 7 N–H and O–H groups in total. The molecule has 0 saturated carbocycles. The lowest BCUT2D eigenvalue weighted by atomic mass is 9.90. The molecule has 0 amide bonds. The maximum absolute atomic E-state index is 11.4. The second-order valence-corrected chi connectivity index (χ2v) is 7.41. The zero-order chi connectivity index (χ0) is 21.9. The van der Waals surface area contributed by atoms with Gasteiger partial charge in [-0.3, -0.25) is 5.32 Å². The van der Waals surface area contributed by atoms with Crippen LogP contribution in [0.25, 0.3) is 0 Å². The van der Waals surface area contributed by atoms with E-state index in [9.17, 15) is 35.4 Å². The van der Waals surface area contributed by atoms with Crippen LogP contribution in [0.3, 0.4) is 0 Å². The van der Waals surface area contributed by atoms with Gasteiger partial charge in [0.1, 0.15) is 24.5 Å². The van der Waals surface area contributed by atoms with Gasteiger partial charge < -0.3 is 49.6 Å². The summed E-state index contributed by atoms with van der Waals surface area (Å²) in [5.41, 5.74) is 0. The smallest absolute Gasteiger partial charge is 0.333 e. The van der Waals surface area contributed by atoms with E-state index in [4.69, 9.17) is 18.9 Å². The highest BCUT2D eigenvalue weighted by atomic mass is 16.7. The fourth-order valence-corrected chi connectivity index (χ4v) is 3.62. The third-order valence-electron chi connectivity index (χ3n) is 5.23. The average molecular weight is 425 g/mol. The average Bonchev–Trinajstić information content (AvgIpc) is 2.78. The quantitative estimate of drug-likeness (QED) is 0.205. The van der Waals surface area contributed by atoms with Crippen LogP contribution in [0.1, 0.15) is 20.3 Å². The van der Waals surface area contributed by atoms with Crippen molar-refractivity contribution in [3.8, 4) is 0 Å². The minimum atomic E-state index is -1.56. The van der Waals surface area contributed by atoms with Crippen LogP contribution in [0.5, 0.6) is 0 Å². The highest BCUT2D eigenvalue weighted by molar-refractivity contribution is 5.73. The Kier molecular flexibility index (Phi) is 8.72. The number of hydrogen-bond acceptors (Lipinski definition) is 11. The van der Waals surface area contributed by atoms with Gasteiger partial charge in [-0.25, -0.2) is 4.79 Å². The van der Waals surface area contributed by atoms with Crippen molar-refractivity contribution in [1.29, 1.82) is 0 Å². The Hall–Kier alpha value is -0.930. The van der Waals surface area contributed by atoms with Gasteiger partial charge in [-0.2, -0.15) is 0 Å². The van der Waals surface area contributed by atoms with E-state index in [0.717, 1.165) is 0 Å². The molecule has 8 unspecified atom stereocenters. The van der Waals surface area contributed by atoms with Crippen molar-refractivity contribution in [2.45, 2.75) is 81.7 Å². The molecular formula is C17H31NO11. The number of rotatable bonds is 7. The third-order valence-corrected chi connectivity index (χ3v) is 5.23. The topological polar surface area (TPSA) is 187 Å². The molecule has 11 atom stereocenters. The summed E-state index contributed by atoms with van der Waals surface area (Å²) < 4.78 is 21.8. The number of aliphatic hydroxyl groups excluding tert-OH is 5. The Bertz CT molecular complexity index is 536. The minimum absolute atomic E-state index is 0.00294. The maximum atomic E-state index is 11.4. The predicted molar refractivity (Wildman–Crippen MR) is 94.3 cm³/mol. The van der Waals surface area contributed by atoms with E-state index in [1.807, 2.05) is 0 Å². The molecule has 0 aromatic carbocycles. The lowest BCUT2D eigenvalue weighted by molar-refractivity contribution is -0.303. The number of carboxylic acids is 1. The predicted octanol–water partition coefficient (Wildman–Crippen LogP) is -3.05. The normalized spacial score (nSPS) is 44.8. The van der Waals surface area contributed by atoms with Gasteiger partial charge >= 0.3 is 5.97 Å². The van der Waals surface area contributed by atoms with E-state index in [2.05, 4.69) is 5.32 Å². The molecule has 2 aliphatic rings. The molecule has 2 rings (SSSR count). The summed E-state index contributed by atoms with van der Waals surface area (Å²) in [6.45, 7) is 2.31. The van der Waals surface area contributed by atoms with Crippen molar-refractivity contribution in [1.82, 2.24) is 5.32 Å². The molecule has 29 heavy (non-hydrogen) atoms. The number of hydrogen-bond donors (Lipinski definition) is 7. The van der Waals surface area contributed by atoms with E-state index in [0.29, 0.717) is 0 Å². The first-order valence-corrected chi connectivity index (χ1v) is 9.41. The third kappa shape index (κ3) is 5.61. The van der Waals surface area contributed by atoms with Gasteiger partial charge in [0.05, 0.1) is 24.9 Å².